The van der Waals surface area contributed by atoms with E-state index in [4.69, 9.17) is 0 Å². The second-order valence-electron chi connectivity index (χ2n) is 5.91. The Bertz CT molecular complexity index is 257. The quantitative estimate of drug-likeness (QED) is 0.579. The van der Waals surface area contributed by atoms with Crippen molar-refractivity contribution in [1.29, 1.82) is 0 Å². The predicted molar refractivity (Wildman–Crippen MR) is 61.5 cm³/mol. The lowest BCUT2D eigenvalue weighted by atomic mass is 9.82. The molecule has 0 heterocycles. The molecule has 1 rings (SSSR count). The summed E-state index contributed by atoms with van der Waals surface area (Å²) >= 11 is 0. The van der Waals surface area contributed by atoms with Crippen LogP contribution in [-0.4, -0.2) is 0 Å². The minimum Gasteiger partial charge on any atom is -0.0576 e. The fourth-order valence-electron chi connectivity index (χ4n) is 1.26. The highest BCUT2D eigenvalue weighted by atomic mass is 14.2. The molecule has 0 saturated carbocycles. The molecular formula is C14H20. The van der Waals surface area contributed by atoms with Crippen molar-refractivity contribution in [3.8, 4) is 0 Å². The van der Waals surface area contributed by atoms with Gasteiger partial charge in [-0.2, -0.15) is 0 Å². The molecule has 1 aromatic rings. The Morgan fingerprint density at radius 2 is 1.00 bits per heavy atom. The Kier molecular flexibility index (Phi) is 2.76. The number of hydrogen-bond donors (Lipinski definition) is 0. The van der Waals surface area contributed by atoms with E-state index in [2.05, 4.69) is 65.8 Å². The van der Waals surface area contributed by atoms with Gasteiger partial charge in [0.1, 0.15) is 0 Å². The summed E-state index contributed by atoms with van der Waals surface area (Å²) in [4.78, 5) is 0. The van der Waals surface area contributed by atoms with Crippen molar-refractivity contribution in [1.82, 2.24) is 0 Å². The highest BCUT2D eigenvalue weighted by molar-refractivity contribution is 5.28. The van der Waals surface area contributed by atoms with Gasteiger partial charge in [0, 0.05) is 0 Å². The molecule has 0 unspecified atom stereocenters. The number of hydrogen-bond acceptors (Lipinski definition) is 0. The SMILES string of the molecule is CC(C)(C)c1[c][c]c(C(C)(C)C)cc1. The largest absolute Gasteiger partial charge is 0.0576 e. The van der Waals surface area contributed by atoms with Gasteiger partial charge in [0.05, 0.1) is 0 Å². The molecule has 0 aliphatic carbocycles. The molecule has 0 aliphatic rings. The highest BCUT2D eigenvalue weighted by Gasteiger charge is 2.17. The third kappa shape index (κ3) is 2.60. The maximum absolute atomic E-state index is 3.26. The average Bonchev–Trinajstić information content (AvgIpc) is 2.01. The molecule has 0 heteroatoms. The lowest BCUT2D eigenvalue weighted by Crippen LogP contribution is -2.14. The molecule has 0 N–H and O–H groups in total. The van der Waals surface area contributed by atoms with Gasteiger partial charge >= 0.3 is 0 Å². The van der Waals surface area contributed by atoms with Crippen molar-refractivity contribution < 1.29 is 0 Å². The van der Waals surface area contributed by atoms with Crippen LogP contribution in [0.5, 0.6) is 0 Å². The predicted octanol–water partition coefficient (Wildman–Crippen LogP) is 3.88. The van der Waals surface area contributed by atoms with Gasteiger partial charge in [0.2, 0.25) is 0 Å². The van der Waals surface area contributed by atoms with Gasteiger partial charge in [-0.15, -0.1) is 0 Å². The Balaban J connectivity index is 3.02. The molecule has 0 aromatic heterocycles. The molecule has 14 heavy (non-hydrogen) atoms. The molecule has 2 radical (unpaired) electrons. The standard InChI is InChI=1S/C14H20/c1-13(2,3)11-7-9-12(10-8-11)14(4,5)6/h7,9H,1-6H3. The fraction of sp³-hybridized carbons (Fsp3) is 0.571. The molecule has 76 valence electrons. The summed E-state index contributed by atoms with van der Waals surface area (Å²) in [6.45, 7) is 13.2. The van der Waals surface area contributed by atoms with E-state index >= 15 is 0 Å². The molecule has 1 aromatic carbocycles. The van der Waals surface area contributed by atoms with Crippen molar-refractivity contribution in [3.63, 3.8) is 0 Å². The van der Waals surface area contributed by atoms with Crippen LogP contribution in [0, 0.1) is 12.1 Å². The summed E-state index contributed by atoms with van der Waals surface area (Å²) in [7, 11) is 0. The Morgan fingerprint density at radius 3 is 1.14 bits per heavy atom. The molecule has 0 spiro atoms. The summed E-state index contributed by atoms with van der Waals surface area (Å²) in [6.07, 6.45) is 0. The zero-order chi connectivity index (χ0) is 11.0. The first-order chi connectivity index (χ1) is 6.21. The topological polar surface area (TPSA) is 0 Å². The van der Waals surface area contributed by atoms with Crippen LogP contribution in [0.2, 0.25) is 0 Å². The van der Waals surface area contributed by atoms with Crippen molar-refractivity contribution in [2.45, 2.75) is 52.4 Å². The maximum Gasteiger partial charge on any atom is -0.00553 e. The van der Waals surface area contributed by atoms with Crippen molar-refractivity contribution in [3.05, 3.63) is 35.4 Å². The lowest BCUT2D eigenvalue weighted by Gasteiger charge is -2.22. The highest BCUT2D eigenvalue weighted by Crippen LogP contribution is 2.26. The van der Waals surface area contributed by atoms with E-state index in [1.807, 2.05) is 0 Å². The number of rotatable bonds is 0. The van der Waals surface area contributed by atoms with Crippen LogP contribution in [0.1, 0.15) is 52.7 Å². The van der Waals surface area contributed by atoms with E-state index in [-0.39, 0.29) is 10.8 Å². The molecule has 0 fully saturated rings. The molecule has 0 amide bonds. The van der Waals surface area contributed by atoms with Gasteiger partial charge in [-0.1, -0.05) is 53.7 Å². The van der Waals surface area contributed by atoms with Crippen LogP contribution >= 0.6 is 0 Å². The number of benzene rings is 1. The second kappa shape index (κ2) is 3.42. The van der Waals surface area contributed by atoms with Crippen molar-refractivity contribution >= 4 is 0 Å². The smallest absolute Gasteiger partial charge is 0.00553 e. The van der Waals surface area contributed by atoms with E-state index in [1.165, 1.54) is 11.1 Å². The van der Waals surface area contributed by atoms with Crippen LogP contribution < -0.4 is 0 Å². The van der Waals surface area contributed by atoms with Crippen LogP contribution in [0.4, 0.5) is 0 Å². The van der Waals surface area contributed by atoms with Gasteiger partial charge in [-0.05, 0) is 34.1 Å². The Hall–Kier alpha value is -0.780. The summed E-state index contributed by atoms with van der Waals surface area (Å²) in [5.74, 6) is 0. The zero-order valence-electron chi connectivity index (χ0n) is 10.2. The summed E-state index contributed by atoms with van der Waals surface area (Å²) < 4.78 is 0. The third-order valence-corrected chi connectivity index (χ3v) is 2.36. The molecule has 0 saturated heterocycles. The van der Waals surface area contributed by atoms with E-state index in [1.54, 1.807) is 0 Å². The Morgan fingerprint density at radius 1 is 0.714 bits per heavy atom. The normalized spacial score (nSPS) is 13.0. The van der Waals surface area contributed by atoms with Gasteiger partial charge in [0.15, 0.2) is 0 Å². The molecular weight excluding hydrogens is 168 g/mol. The first-order valence-corrected chi connectivity index (χ1v) is 5.16. The van der Waals surface area contributed by atoms with Crippen molar-refractivity contribution in [2.24, 2.45) is 0 Å². The monoisotopic (exact) mass is 188 g/mol. The van der Waals surface area contributed by atoms with Gasteiger partial charge in [-0.3, -0.25) is 0 Å². The Labute approximate surface area is 88.4 Å². The third-order valence-electron chi connectivity index (χ3n) is 2.36. The van der Waals surface area contributed by atoms with E-state index in [0.29, 0.717) is 0 Å². The molecule has 0 aliphatic heterocycles. The first kappa shape index (κ1) is 11.3. The first-order valence-electron chi connectivity index (χ1n) is 5.16. The van der Waals surface area contributed by atoms with Gasteiger partial charge in [-0.25, -0.2) is 0 Å². The fourth-order valence-corrected chi connectivity index (χ4v) is 1.26. The van der Waals surface area contributed by atoms with E-state index < -0.39 is 0 Å². The second-order valence-corrected chi connectivity index (χ2v) is 5.91. The summed E-state index contributed by atoms with van der Waals surface area (Å²) in [5.41, 5.74) is 2.80. The van der Waals surface area contributed by atoms with Crippen LogP contribution in [-0.2, 0) is 10.8 Å². The minimum absolute atomic E-state index is 0.174. The maximum atomic E-state index is 3.26. The average molecular weight is 188 g/mol. The van der Waals surface area contributed by atoms with Crippen LogP contribution in [0.15, 0.2) is 12.1 Å². The van der Waals surface area contributed by atoms with Crippen molar-refractivity contribution in [2.75, 3.05) is 0 Å². The minimum atomic E-state index is 0.174. The van der Waals surface area contributed by atoms with Crippen LogP contribution in [0.25, 0.3) is 0 Å². The van der Waals surface area contributed by atoms with E-state index in [0.717, 1.165) is 0 Å². The molecule has 0 bridgehead atoms. The summed E-state index contributed by atoms with van der Waals surface area (Å²) in [6, 6.07) is 10.8. The molecule has 0 nitrogen and oxygen atoms in total. The van der Waals surface area contributed by atoms with E-state index in [9.17, 15) is 0 Å². The zero-order valence-corrected chi connectivity index (χ0v) is 10.2. The van der Waals surface area contributed by atoms with Crippen LogP contribution in [0.3, 0.4) is 0 Å². The van der Waals surface area contributed by atoms with Gasteiger partial charge in [0.25, 0.3) is 0 Å². The molecule has 0 atom stereocenters. The van der Waals surface area contributed by atoms with Gasteiger partial charge < -0.3 is 0 Å². The summed E-state index contributed by atoms with van der Waals surface area (Å²) in [5, 5.41) is 0. The lowest BCUT2D eigenvalue weighted by molar-refractivity contribution is 0.575.